The Morgan fingerprint density at radius 2 is 2.20 bits per heavy atom. The van der Waals surface area contributed by atoms with E-state index in [1.165, 1.54) is 0 Å². The number of carbonyl (C=O) groups excluding carboxylic acids is 2. The maximum absolute atomic E-state index is 12.5. The summed E-state index contributed by atoms with van der Waals surface area (Å²) in [7, 11) is 0. The first kappa shape index (κ1) is 13.7. The van der Waals surface area contributed by atoms with Gasteiger partial charge < -0.3 is 15.1 Å². The van der Waals surface area contributed by atoms with Crippen molar-refractivity contribution in [1.29, 1.82) is 0 Å². The van der Waals surface area contributed by atoms with Gasteiger partial charge in [-0.2, -0.15) is 0 Å². The Balaban J connectivity index is 1.79. The fourth-order valence-corrected chi connectivity index (χ4v) is 3.20. The van der Waals surface area contributed by atoms with Gasteiger partial charge in [0.15, 0.2) is 0 Å². The molecule has 7 heteroatoms. The van der Waals surface area contributed by atoms with Gasteiger partial charge in [-0.1, -0.05) is 17.7 Å². The van der Waals surface area contributed by atoms with Gasteiger partial charge in [0.25, 0.3) is 5.91 Å². The lowest BCUT2D eigenvalue weighted by atomic mass is 10.1. The van der Waals surface area contributed by atoms with E-state index in [0.29, 0.717) is 41.2 Å². The highest BCUT2D eigenvalue weighted by molar-refractivity contribution is 9.10. The topological polar surface area (TPSA) is 52.7 Å². The van der Waals surface area contributed by atoms with E-state index >= 15 is 0 Å². The van der Waals surface area contributed by atoms with E-state index in [-0.39, 0.29) is 18.0 Å². The molecule has 5 nitrogen and oxygen atoms in total. The zero-order chi connectivity index (χ0) is 14.3. The lowest BCUT2D eigenvalue weighted by Crippen LogP contribution is -2.53. The molecule has 106 valence electrons. The van der Waals surface area contributed by atoms with E-state index < -0.39 is 0 Å². The largest absolute Gasteiger partial charge is 0.336 e. The first-order chi connectivity index (χ1) is 9.58. The second-order valence-electron chi connectivity index (χ2n) is 4.89. The molecule has 2 heterocycles. The number of nitrogens with zero attached hydrogens (tertiary/aromatic N) is 2. The lowest BCUT2D eigenvalue weighted by Gasteiger charge is -2.36. The molecular formula is C13H13BrClN3O2. The summed E-state index contributed by atoms with van der Waals surface area (Å²) in [6.07, 6.45) is 0. The van der Waals surface area contributed by atoms with E-state index in [1.807, 2.05) is 0 Å². The van der Waals surface area contributed by atoms with Gasteiger partial charge in [-0.05, 0) is 28.1 Å². The number of rotatable bonds is 1. The van der Waals surface area contributed by atoms with E-state index in [0.717, 1.165) is 0 Å². The van der Waals surface area contributed by atoms with Crippen LogP contribution in [-0.4, -0.2) is 54.0 Å². The molecular weight excluding hydrogens is 346 g/mol. The van der Waals surface area contributed by atoms with Gasteiger partial charge in [-0.25, -0.2) is 4.79 Å². The van der Waals surface area contributed by atoms with Crippen LogP contribution in [0.25, 0.3) is 0 Å². The molecule has 3 amide bonds. The van der Waals surface area contributed by atoms with Gasteiger partial charge in [-0.15, -0.1) is 0 Å². The number of hydrogen-bond donors (Lipinski definition) is 1. The number of halogens is 2. The van der Waals surface area contributed by atoms with E-state index in [1.54, 1.807) is 28.0 Å². The summed E-state index contributed by atoms with van der Waals surface area (Å²) >= 11 is 9.50. The van der Waals surface area contributed by atoms with Crippen molar-refractivity contribution in [3.05, 3.63) is 33.3 Å². The van der Waals surface area contributed by atoms with Crippen LogP contribution in [0.15, 0.2) is 22.7 Å². The molecule has 2 saturated heterocycles. The highest BCUT2D eigenvalue weighted by Crippen LogP contribution is 2.27. The van der Waals surface area contributed by atoms with Gasteiger partial charge >= 0.3 is 6.03 Å². The van der Waals surface area contributed by atoms with Crippen LogP contribution >= 0.6 is 27.5 Å². The minimum Gasteiger partial charge on any atom is -0.336 e. The SMILES string of the molecule is O=C(c1cccc(Br)c1Cl)N1CCN2C(=O)NCC2C1. The van der Waals surface area contributed by atoms with Crippen molar-refractivity contribution in [1.82, 2.24) is 15.1 Å². The predicted molar refractivity (Wildman–Crippen MR) is 78.9 cm³/mol. The first-order valence-corrected chi connectivity index (χ1v) is 7.53. The second-order valence-corrected chi connectivity index (χ2v) is 6.12. The van der Waals surface area contributed by atoms with Crippen LogP contribution in [-0.2, 0) is 0 Å². The fraction of sp³-hybridized carbons (Fsp3) is 0.385. The molecule has 3 rings (SSSR count). The number of hydrogen-bond acceptors (Lipinski definition) is 2. The molecule has 0 saturated carbocycles. The molecule has 1 unspecified atom stereocenters. The molecule has 1 aromatic rings. The summed E-state index contributed by atoms with van der Waals surface area (Å²) in [5, 5.41) is 3.23. The number of fused-ring (bicyclic) bond motifs is 1. The average molecular weight is 359 g/mol. The minimum absolute atomic E-state index is 0.0393. The summed E-state index contributed by atoms with van der Waals surface area (Å²) < 4.78 is 0.710. The second kappa shape index (κ2) is 5.26. The van der Waals surface area contributed by atoms with E-state index in [9.17, 15) is 9.59 Å². The standard InChI is InChI=1S/C13H13BrClN3O2/c14-10-3-1-2-9(11(10)15)12(19)17-4-5-18-8(7-17)6-16-13(18)20/h1-3,8H,4-7H2,(H,16,20). The van der Waals surface area contributed by atoms with Gasteiger partial charge in [0.05, 0.1) is 16.6 Å². The average Bonchev–Trinajstić information content (AvgIpc) is 2.82. The Labute approximate surface area is 130 Å². The fourth-order valence-electron chi connectivity index (χ4n) is 2.63. The van der Waals surface area contributed by atoms with Crippen molar-refractivity contribution >= 4 is 39.5 Å². The van der Waals surface area contributed by atoms with Crippen LogP contribution in [0, 0.1) is 0 Å². The number of nitrogens with one attached hydrogen (secondary N) is 1. The summed E-state index contributed by atoms with van der Waals surface area (Å²) in [5.41, 5.74) is 0.492. The maximum atomic E-state index is 12.5. The predicted octanol–water partition coefficient (Wildman–Crippen LogP) is 1.95. The third-order valence-corrected chi connectivity index (χ3v) is 5.00. The van der Waals surface area contributed by atoms with Crippen LogP contribution in [0.4, 0.5) is 4.79 Å². The molecule has 1 atom stereocenters. The summed E-state index contributed by atoms with van der Waals surface area (Å²) in [6.45, 7) is 2.23. The number of benzene rings is 1. The van der Waals surface area contributed by atoms with Crippen molar-refractivity contribution in [3.8, 4) is 0 Å². The van der Waals surface area contributed by atoms with Gasteiger partial charge in [-0.3, -0.25) is 4.79 Å². The van der Waals surface area contributed by atoms with Crippen LogP contribution in [0.5, 0.6) is 0 Å². The van der Waals surface area contributed by atoms with Gasteiger partial charge in [0.2, 0.25) is 0 Å². The van der Waals surface area contributed by atoms with Crippen LogP contribution < -0.4 is 5.32 Å². The number of piperazine rings is 1. The molecule has 20 heavy (non-hydrogen) atoms. The monoisotopic (exact) mass is 357 g/mol. The Kier molecular flexibility index (Phi) is 3.60. The van der Waals surface area contributed by atoms with Crippen LogP contribution in [0.2, 0.25) is 5.02 Å². The minimum atomic E-state index is -0.0877. The normalized spacial score (nSPS) is 21.7. The lowest BCUT2D eigenvalue weighted by molar-refractivity contribution is 0.0617. The van der Waals surface area contributed by atoms with Gasteiger partial charge in [0.1, 0.15) is 0 Å². The summed E-state index contributed by atoms with van der Waals surface area (Å²) in [5.74, 6) is -0.0877. The highest BCUT2D eigenvalue weighted by atomic mass is 79.9. The molecule has 0 aliphatic carbocycles. The van der Waals surface area contributed by atoms with Crippen LogP contribution in [0.3, 0.4) is 0 Å². The van der Waals surface area contributed by atoms with Crippen LogP contribution in [0.1, 0.15) is 10.4 Å². The van der Waals surface area contributed by atoms with E-state index in [2.05, 4.69) is 21.2 Å². The molecule has 1 aromatic carbocycles. The van der Waals surface area contributed by atoms with Crippen molar-refractivity contribution in [3.63, 3.8) is 0 Å². The Bertz CT molecular complexity index is 581. The summed E-state index contributed by atoms with van der Waals surface area (Å²) in [4.78, 5) is 27.6. The zero-order valence-electron chi connectivity index (χ0n) is 10.6. The molecule has 0 radical (unpaired) electrons. The molecule has 2 aliphatic rings. The molecule has 0 spiro atoms. The number of urea groups is 1. The highest BCUT2D eigenvalue weighted by Gasteiger charge is 2.37. The quantitative estimate of drug-likeness (QED) is 0.834. The summed E-state index contributed by atoms with van der Waals surface area (Å²) in [6, 6.07) is 5.34. The zero-order valence-corrected chi connectivity index (χ0v) is 12.9. The van der Waals surface area contributed by atoms with Crippen molar-refractivity contribution < 1.29 is 9.59 Å². The molecule has 0 aromatic heterocycles. The van der Waals surface area contributed by atoms with Crippen molar-refractivity contribution in [2.75, 3.05) is 26.2 Å². The molecule has 1 N–H and O–H groups in total. The molecule has 2 aliphatic heterocycles. The van der Waals surface area contributed by atoms with E-state index in [4.69, 9.17) is 11.6 Å². The third kappa shape index (κ3) is 2.27. The Hall–Kier alpha value is -1.27. The smallest absolute Gasteiger partial charge is 0.317 e. The Morgan fingerprint density at radius 1 is 1.40 bits per heavy atom. The first-order valence-electron chi connectivity index (χ1n) is 6.35. The Morgan fingerprint density at radius 3 is 3.00 bits per heavy atom. The molecule has 2 fully saturated rings. The van der Waals surface area contributed by atoms with Crippen molar-refractivity contribution in [2.24, 2.45) is 0 Å². The number of amides is 3. The number of carbonyl (C=O) groups is 2. The van der Waals surface area contributed by atoms with Crippen molar-refractivity contribution in [2.45, 2.75) is 6.04 Å². The molecule has 0 bridgehead atoms. The third-order valence-electron chi connectivity index (χ3n) is 3.70. The van der Waals surface area contributed by atoms with Gasteiger partial charge in [0, 0.05) is 30.7 Å². The maximum Gasteiger partial charge on any atom is 0.317 e.